The molecule has 0 heterocycles. The third kappa shape index (κ3) is 8.07. The molecule has 0 aromatic heterocycles. The second-order valence-electron chi connectivity index (χ2n) is 34.4. The SMILES string of the molecule is C=C(C)C1CC[C@@]2(CO)CC[C@@]34C[C@]35CCC3C(C)(C)[C@@H](OC(=O)C[N+](C)(C)CC[N+](C)(C)CC(=O)O[C@H]6CC[C@@]7(C)C(CC[C@]8(C)C7CCC7C9C(C(=C)C)CC[C@@]9(CO)CC[C@]78C)C6(C)C)CC[C@]3(C)C5CCC4C12. The molecule has 77 heavy (non-hydrogen) atoms. The molecule has 11 aliphatic carbocycles. The van der Waals surface area contributed by atoms with Crippen LogP contribution in [0, 0.1) is 113 Å². The van der Waals surface area contributed by atoms with Gasteiger partial charge in [-0.2, -0.15) is 0 Å². The summed E-state index contributed by atoms with van der Waals surface area (Å²) in [6.45, 7) is 36.8. The van der Waals surface area contributed by atoms with Crippen LogP contribution < -0.4 is 0 Å². The molecule has 11 rings (SSSR count). The van der Waals surface area contributed by atoms with Crippen molar-refractivity contribution in [3.05, 3.63) is 24.3 Å². The molecule has 0 aromatic rings. The Balaban J connectivity index is 0.676. The van der Waals surface area contributed by atoms with Gasteiger partial charge in [-0.3, -0.25) is 0 Å². The maximum atomic E-state index is 14.2. The van der Waals surface area contributed by atoms with E-state index in [0.29, 0.717) is 93.4 Å². The fourth-order valence-electron chi connectivity index (χ4n) is 25.7. The monoisotopic (exact) mass is 1070 g/mol. The van der Waals surface area contributed by atoms with Gasteiger partial charge in [0.05, 0.1) is 28.2 Å². The molecular formula is C69H114N2O6+2. The molecule has 20 atom stereocenters. The van der Waals surface area contributed by atoms with Crippen molar-refractivity contribution in [2.75, 3.05) is 67.6 Å². The fourth-order valence-corrected chi connectivity index (χ4v) is 25.7. The minimum atomic E-state index is -0.119. The quantitative estimate of drug-likeness (QED) is 0.108. The summed E-state index contributed by atoms with van der Waals surface area (Å²) in [7, 11) is 8.60. The van der Waals surface area contributed by atoms with Crippen LogP contribution in [-0.4, -0.2) is 111 Å². The number of nitrogens with zero attached hydrogens (tertiary/aromatic N) is 2. The molecule has 11 saturated carbocycles. The van der Waals surface area contributed by atoms with E-state index in [1.807, 2.05) is 0 Å². The predicted molar refractivity (Wildman–Crippen MR) is 309 cm³/mol. The molecule has 11 aliphatic rings. The standard InChI is InChI=1S/C69H114N2O6/c1-44(2)46-21-30-66(42-72)34-33-64(11)48(58(46)66)17-19-52-62(9)27-25-54(60(5,6)50(62)23-29-65(52,64)12)76-56(74)39-70(13,14)37-38-71(15,16)40-57(75)77-55-26-28-63(10)51(61(55,7)8)24-32-69-41-68(69)36-35-67(43-73)31-22-47(45(3)4)59(67)49(68)18-20-53(63)69/h46-55,58-59,72-73H,1,3,17-43H2,2,4-16H3/q+2/t46?,47?,48?,49?,50?,51?,52?,53?,54-,55-,58?,59?,62-,63-,64+,65+,66-,67-,68-,69-/m0/s1. The number of allylic oxidation sites excluding steroid dienone is 2. The molecule has 10 unspecified atom stereocenters. The van der Waals surface area contributed by atoms with Gasteiger partial charge in [-0.25, -0.2) is 9.59 Å². The van der Waals surface area contributed by atoms with Crippen LogP contribution in [0.25, 0.3) is 0 Å². The van der Waals surface area contributed by atoms with Gasteiger partial charge in [0.2, 0.25) is 0 Å². The van der Waals surface area contributed by atoms with Gasteiger partial charge in [-0.05, 0) is 251 Å². The van der Waals surface area contributed by atoms with Crippen molar-refractivity contribution >= 4 is 11.9 Å². The summed E-state index contributed by atoms with van der Waals surface area (Å²) in [5.41, 5.74) is 4.54. The molecule has 11 fully saturated rings. The van der Waals surface area contributed by atoms with E-state index in [1.165, 1.54) is 107 Å². The largest absolute Gasteiger partial charge is 0.458 e. The minimum Gasteiger partial charge on any atom is -0.458 e. The van der Waals surface area contributed by atoms with E-state index in [-0.39, 0.29) is 67.5 Å². The van der Waals surface area contributed by atoms with Crippen molar-refractivity contribution in [1.82, 2.24) is 0 Å². The van der Waals surface area contributed by atoms with Gasteiger partial charge in [0.1, 0.15) is 25.3 Å². The van der Waals surface area contributed by atoms with E-state index >= 15 is 0 Å². The Bertz CT molecular complexity index is 2370. The third-order valence-corrected chi connectivity index (χ3v) is 29.8. The highest BCUT2D eigenvalue weighted by atomic mass is 16.6. The average Bonchev–Trinajstić information content (AvgIpc) is 3.59. The lowest BCUT2D eigenvalue weighted by atomic mass is 9.32. The van der Waals surface area contributed by atoms with Gasteiger partial charge >= 0.3 is 11.9 Å². The van der Waals surface area contributed by atoms with E-state index in [1.54, 1.807) is 0 Å². The molecule has 434 valence electrons. The Labute approximate surface area is 469 Å². The highest BCUT2D eigenvalue weighted by Gasteiger charge is 2.82. The van der Waals surface area contributed by atoms with Crippen LogP contribution in [0.2, 0.25) is 0 Å². The van der Waals surface area contributed by atoms with E-state index in [4.69, 9.17) is 9.47 Å². The maximum Gasteiger partial charge on any atom is 0.362 e. The summed E-state index contributed by atoms with van der Waals surface area (Å²) in [5, 5.41) is 21.9. The number of ether oxygens (including phenoxy) is 2. The van der Waals surface area contributed by atoms with E-state index in [9.17, 15) is 19.8 Å². The summed E-state index contributed by atoms with van der Waals surface area (Å²) < 4.78 is 14.4. The zero-order valence-electron chi connectivity index (χ0n) is 51.9. The van der Waals surface area contributed by atoms with Crippen LogP contribution in [-0.2, 0) is 19.1 Å². The van der Waals surface area contributed by atoms with Gasteiger partial charge in [0.15, 0.2) is 13.1 Å². The number of esters is 2. The second kappa shape index (κ2) is 18.4. The van der Waals surface area contributed by atoms with Crippen LogP contribution >= 0.6 is 0 Å². The van der Waals surface area contributed by atoms with Gasteiger partial charge in [-0.15, -0.1) is 0 Å². The first-order valence-corrected chi connectivity index (χ1v) is 32.4. The Morgan fingerprint density at radius 1 is 0.481 bits per heavy atom. The van der Waals surface area contributed by atoms with Crippen LogP contribution in [0.5, 0.6) is 0 Å². The summed E-state index contributed by atoms with van der Waals surface area (Å²) in [6, 6.07) is 0. The molecule has 2 N–H and O–H groups in total. The van der Waals surface area contributed by atoms with Crippen LogP contribution in [0.3, 0.4) is 0 Å². The maximum absolute atomic E-state index is 14.2. The van der Waals surface area contributed by atoms with E-state index in [2.05, 4.69) is 111 Å². The number of fused-ring (bicyclic) bond motifs is 11. The minimum absolute atomic E-state index is 0.0755. The molecule has 0 saturated heterocycles. The van der Waals surface area contributed by atoms with Crippen LogP contribution in [0.4, 0.5) is 0 Å². The van der Waals surface area contributed by atoms with Crippen LogP contribution in [0.15, 0.2) is 24.3 Å². The molecule has 8 nitrogen and oxygen atoms in total. The van der Waals surface area contributed by atoms with Crippen molar-refractivity contribution in [3.63, 3.8) is 0 Å². The third-order valence-electron chi connectivity index (χ3n) is 29.8. The van der Waals surface area contributed by atoms with Gasteiger partial charge in [0.25, 0.3) is 0 Å². The highest BCUT2D eigenvalue weighted by molar-refractivity contribution is 5.71. The van der Waals surface area contributed by atoms with Crippen molar-refractivity contribution in [3.8, 4) is 0 Å². The number of likely N-dealkylation sites (N-methyl/N-ethyl adjacent to an activating group) is 2. The topological polar surface area (TPSA) is 93.1 Å². The molecular weight excluding hydrogens is 953 g/mol. The fraction of sp³-hybridized carbons (Fsp3) is 0.913. The first kappa shape index (κ1) is 57.1. The van der Waals surface area contributed by atoms with E-state index in [0.717, 1.165) is 63.5 Å². The predicted octanol–water partition coefficient (Wildman–Crippen LogP) is 13.6. The Kier molecular flexibility index (Phi) is 13.6. The number of aliphatic hydroxyl groups is 2. The normalized spacial score (nSPS) is 49.9. The Morgan fingerprint density at radius 2 is 0.935 bits per heavy atom. The van der Waals surface area contributed by atoms with E-state index < -0.39 is 0 Å². The molecule has 0 bridgehead atoms. The Hall–Kier alpha value is -1.74. The van der Waals surface area contributed by atoms with Gasteiger partial charge < -0.3 is 28.7 Å². The summed E-state index contributed by atoms with van der Waals surface area (Å²) >= 11 is 0. The lowest BCUT2D eigenvalue weighted by molar-refractivity contribution is -0.939. The van der Waals surface area contributed by atoms with Crippen LogP contribution in [0.1, 0.15) is 204 Å². The summed E-state index contributed by atoms with van der Waals surface area (Å²) in [4.78, 5) is 28.3. The lowest BCUT2D eigenvalue weighted by Gasteiger charge is -2.73. The zero-order valence-corrected chi connectivity index (χ0v) is 51.9. The summed E-state index contributed by atoms with van der Waals surface area (Å²) in [5.74, 6) is 5.88. The highest BCUT2D eigenvalue weighted by Crippen LogP contribution is 2.89. The number of rotatable bonds is 13. The number of carbonyl (C=O) groups is 2. The number of carbonyl (C=O) groups excluding carboxylic acids is 2. The molecule has 8 heteroatoms. The number of hydrogen-bond acceptors (Lipinski definition) is 6. The molecule has 0 aromatic carbocycles. The molecule has 0 radical (unpaired) electrons. The number of aliphatic hydroxyl groups excluding tert-OH is 2. The number of hydrogen-bond donors (Lipinski definition) is 2. The first-order valence-electron chi connectivity index (χ1n) is 32.4. The van der Waals surface area contributed by atoms with Crippen molar-refractivity contribution in [2.45, 2.75) is 216 Å². The Morgan fingerprint density at radius 3 is 1.44 bits per heavy atom. The second-order valence-corrected chi connectivity index (χ2v) is 34.4. The van der Waals surface area contributed by atoms with Gasteiger partial charge in [0, 0.05) is 24.0 Å². The first-order chi connectivity index (χ1) is 35.8. The lowest BCUT2D eigenvalue weighted by Crippen LogP contribution is -2.67. The molecule has 2 spiro atoms. The van der Waals surface area contributed by atoms with Crippen molar-refractivity contribution in [1.29, 1.82) is 0 Å². The molecule has 0 aliphatic heterocycles. The number of quaternary nitrogens is 2. The summed E-state index contributed by atoms with van der Waals surface area (Å²) in [6.07, 6.45) is 25.2. The smallest absolute Gasteiger partial charge is 0.362 e. The van der Waals surface area contributed by atoms with Crippen molar-refractivity contribution in [2.24, 2.45) is 113 Å². The zero-order chi connectivity index (χ0) is 55.7. The van der Waals surface area contributed by atoms with Crippen molar-refractivity contribution < 1.29 is 38.2 Å². The molecule has 0 amide bonds. The van der Waals surface area contributed by atoms with Gasteiger partial charge in [-0.1, -0.05) is 79.7 Å². The average molecular weight is 1070 g/mol.